The van der Waals surface area contributed by atoms with E-state index in [0.29, 0.717) is 29.1 Å². The molecule has 202 valence electrons. The summed E-state index contributed by atoms with van der Waals surface area (Å²) >= 11 is 6.35. The maximum atomic E-state index is 13.9. The molecule has 3 aromatic rings. The van der Waals surface area contributed by atoms with Gasteiger partial charge in [-0.3, -0.25) is 13.9 Å². The fourth-order valence-electron chi connectivity index (χ4n) is 4.28. The van der Waals surface area contributed by atoms with Gasteiger partial charge in [0.15, 0.2) is 0 Å². The van der Waals surface area contributed by atoms with Crippen molar-refractivity contribution in [2.45, 2.75) is 44.6 Å². The Balaban J connectivity index is 2.05. The average molecular weight is 556 g/mol. The van der Waals surface area contributed by atoms with Crippen molar-refractivity contribution in [2.24, 2.45) is 0 Å². The lowest BCUT2D eigenvalue weighted by atomic mass is 10.1. The Hall–Kier alpha value is -3.36. The summed E-state index contributed by atoms with van der Waals surface area (Å²) < 4.78 is 28.9. The maximum absolute atomic E-state index is 13.9. The van der Waals surface area contributed by atoms with Gasteiger partial charge in [-0.05, 0) is 62.1 Å². The molecule has 0 aliphatic heterocycles. The number of nitrogens with zero attached hydrogens (tertiary/aromatic N) is 2. The van der Waals surface area contributed by atoms with E-state index in [-0.39, 0.29) is 17.3 Å². The van der Waals surface area contributed by atoms with E-state index in [1.165, 1.54) is 24.1 Å². The van der Waals surface area contributed by atoms with Crippen molar-refractivity contribution in [2.75, 3.05) is 24.4 Å². The number of hydrogen-bond acceptors (Lipinski definition) is 4. The zero-order chi connectivity index (χ0) is 27.9. The highest BCUT2D eigenvalue weighted by molar-refractivity contribution is 7.92. The molecule has 3 aromatic carbocycles. The number of carbonyl (C=O) groups is 2. The van der Waals surface area contributed by atoms with Crippen molar-refractivity contribution >= 4 is 39.1 Å². The van der Waals surface area contributed by atoms with E-state index >= 15 is 0 Å². The van der Waals surface area contributed by atoms with Gasteiger partial charge in [0.2, 0.25) is 11.8 Å². The number of nitrogens with one attached hydrogen (secondary N) is 1. The molecular weight excluding hydrogens is 522 g/mol. The van der Waals surface area contributed by atoms with Crippen molar-refractivity contribution in [3.63, 3.8) is 0 Å². The van der Waals surface area contributed by atoms with Crippen LogP contribution < -0.4 is 9.62 Å². The smallest absolute Gasteiger partial charge is 0.264 e. The van der Waals surface area contributed by atoms with Gasteiger partial charge in [-0.1, -0.05) is 72.6 Å². The predicted octanol–water partition coefficient (Wildman–Crippen LogP) is 4.75. The highest BCUT2D eigenvalue weighted by Crippen LogP contribution is 2.31. The second-order valence-electron chi connectivity index (χ2n) is 9.07. The van der Waals surface area contributed by atoms with Crippen molar-refractivity contribution in [1.82, 2.24) is 10.2 Å². The monoisotopic (exact) mass is 555 g/mol. The van der Waals surface area contributed by atoms with Gasteiger partial charge >= 0.3 is 0 Å². The lowest BCUT2D eigenvalue weighted by molar-refractivity contribution is -0.139. The molecule has 0 unspecified atom stereocenters. The van der Waals surface area contributed by atoms with Crippen LogP contribution in [0.2, 0.25) is 5.02 Å². The van der Waals surface area contributed by atoms with Gasteiger partial charge in [-0.15, -0.1) is 0 Å². The number of hydrogen-bond donors (Lipinski definition) is 1. The Morgan fingerprint density at radius 2 is 1.61 bits per heavy atom. The third-order valence-corrected chi connectivity index (χ3v) is 8.70. The van der Waals surface area contributed by atoms with Gasteiger partial charge in [-0.25, -0.2) is 8.42 Å². The number of benzene rings is 3. The topological polar surface area (TPSA) is 86.8 Å². The molecule has 0 saturated carbocycles. The van der Waals surface area contributed by atoms with E-state index < -0.39 is 28.5 Å². The molecule has 9 heteroatoms. The van der Waals surface area contributed by atoms with Crippen molar-refractivity contribution in [3.8, 4) is 0 Å². The molecule has 0 aromatic heterocycles. The SMILES string of the molecule is CC[C@@H](C(=O)NC)N(CCc1ccccc1)C(=O)CN(c1cccc(Cl)c1C)S(=O)(=O)c1ccc(C)cc1. The average Bonchev–Trinajstić information content (AvgIpc) is 2.91. The molecule has 7 nitrogen and oxygen atoms in total. The predicted molar refractivity (Wildman–Crippen MR) is 152 cm³/mol. The summed E-state index contributed by atoms with van der Waals surface area (Å²) in [5.74, 6) is -0.785. The number of halogens is 1. The molecule has 2 amide bonds. The first-order valence-corrected chi connectivity index (χ1v) is 14.3. The fraction of sp³-hybridized carbons (Fsp3) is 0.310. The van der Waals surface area contributed by atoms with Crippen LogP contribution in [0.15, 0.2) is 77.7 Å². The van der Waals surface area contributed by atoms with Crippen LogP contribution in [-0.4, -0.2) is 51.3 Å². The second kappa shape index (κ2) is 12.9. The highest BCUT2D eigenvalue weighted by Gasteiger charge is 2.33. The first kappa shape index (κ1) is 29.2. The van der Waals surface area contributed by atoms with Crippen molar-refractivity contribution in [3.05, 3.63) is 94.5 Å². The van der Waals surface area contributed by atoms with Crippen LogP contribution in [-0.2, 0) is 26.0 Å². The number of likely N-dealkylation sites (N-methyl/N-ethyl adjacent to an activating group) is 1. The standard InChI is InChI=1S/C29H34ClN3O4S/c1-5-26(29(35)31-4)32(19-18-23-10-7-6-8-11-23)28(34)20-33(27-13-9-12-25(30)22(27)3)38(36,37)24-16-14-21(2)15-17-24/h6-17,26H,5,18-20H2,1-4H3,(H,31,35)/t26-/m0/s1. The number of aryl methyl sites for hydroxylation is 1. The van der Waals surface area contributed by atoms with Crippen LogP contribution in [0.25, 0.3) is 0 Å². The van der Waals surface area contributed by atoms with Crippen LogP contribution in [0.1, 0.15) is 30.0 Å². The van der Waals surface area contributed by atoms with Crippen molar-refractivity contribution in [1.29, 1.82) is 0 Å². The minimum Gasteiger partial charge on any atom is -0.357 e. The minimum atomic E-state index is -4.14. The fourth-order valence-corrected chi connectivity index (χ4v) is 5.92. The van der Waals surface area contributed by atoms with Gasteiger partial charge in [0, 0.05) is 18.6 Å². The van der Waals surface area contributed by atoms with Crippen LogP contribution >= 0.6 is 11.6 Å². The van der Waals surface area contributed by atoms with Gasteiger partial charge in [0.1, 0.15) is 12.6 Å². The molecule has 0 spiro atoms. The highest BCUT2D eigenvalue weighted by atomic mass is 35.5. The Labute approximate surface area is 230 Å². The Bertz CT molecular complexity index is 1360. The summed E-state index contributed by atoms with van der Waals surface area (Å²) in [5, 5.41) is 3.02. The van der Waals surface area contributed by atoms with E-state index in [0.717, 1.165) is 15.4 Å². The molecule has 0 fully saturated rings. The van der Waals surface area contributed by atoms with Crippen LogP contribution in [0.3, 0.4) is 0 Å². The number of anilines is 1. The second-order valence-corrected chi connectivity index (χ2v) is 11.3. The molecule has 0 aliphatic rings. The third-order valence-electron chi connectivity index (χ3n) is 6.51. The Morgan fingerprint density at radius 3 is 2.21 bits per heavy atom. The molecule has 0 bridgehead atoms. The Morgan fingerprint density at radius 1 is 0.947 bits per heavy atom. The maximum Gasteiger partial charge on any atom is 0.264 e. The van der Waals surface area contributed by atoms with Crippen LogP contribution in [0.4, 0.5) is 5.69 Å². The summed E-state index contributed by atoms with van der Waals surface area (Å²) in [6.45, 7) is 5.17. The summed E-state index contributed by atoms with van der Waals surface area (Å²) in [5.41, 5.74) is 2.76. The molecule has 0 aliphatic carbocycles. The normalized spacial score (nSPS) is 12.0. The van der Waals surface area contributed by atoms with E-state index in [1.54, 1.807) is 37.3 Å². The summed E-state index contributed by atoms with van der Waals surface area (Å²) in [4.78, 5) is 28.2. The quantitative estimate of drug-likeness (QED) is 0.370. The number of carbonyl (C=O) groups excluding carboxylic acids is 2. The molecule has 0 radical (unpaired) electrons. The zero-order valence-electron chi connectivity index (χ0n) is 22.1. The van der Waals surface area contributed by atoms with Crippen LogP contribution in [0.5, 0.6) is 0 Å². The first-order chi connectivity index (χ1) is 18.1. The minimum absolute atomic E-state index is 0.0597. The van der Waals surface area contributed by atoms with Crippen LogP contribution in [0, 0.1) is 13.8 Å². The molecule has 0 heterocycles. The van der Waals surface area contributed by atoms with Gasteiger partial charge < -0.3 is 10.2 Å². The number of amides is 2. The molecule has 3 rings (SSSR count). The van der Waals surface area contributed by atoms with Gasteiger partial charge in [0.25, 0.3) is 10.0 Å². The van der Waals surface area contributed by atoms with E-state index in [1.807, 2.05) is 44.2 Å². The largest absolute Gasteiger partial charge is 0.357 e. The van der Waals surface area contributed by atoms with E-state index in [4.69, 9.17) is 11.6 Å². The molecule has 38 heavy (non-hydrogen) atoms. The number of sulfonamides is 1. The molecule has 1 atom stereocenters. The first-order valence-electron chi connectivity index (χ1n) is 12.5. The third kappa shape index (κ3) is 6.74. The number of rotatable bonds is 11. The lowest BCUT2D eigenvalue weighted by Crippen LogP contribution is -2.52. The van der Waals surface area contributed by atoms with Crippen molar-refractivity contribution < 1.29 is 18.0 Å². The van der Waals surface area contributed by atoms with E-state index in [2.05, 4.69) is 5.32 Å². The Kier molecular flexibility index (Phi) is 9.94. The molecular formula is C29H34ClN3O4S. The lowest BCUT2D eigenvalue weighted by Gasteiger charge is -2.33. The van der Waals surface area contributed by atoms with E-state index in [9.17, 15) is 18.0 Å². The molecule has 0 saturated heterocycles. The van der Waals surface area contributed by atoms with Gasteiger partial charge in [-0.2, -0.15) is 0 Å². The molecule has 1 N–H and O–H groups in total. The summed E-state index contributed by atoms with van der Waals surface area (Å²) in [6.07, 6.45) is 0.891. The van der Waals surface area contributed by atoms with Gasteiger partial charge in [0.05, 0.1) is 10.6 Å². The summed E-state index contributed by atoms with van der Waals surface area (Å²) in [7, 11) is -2.62. The zero-order valence-corrected chi connectivity index (χ0v) is 23.7. The summed E-state index contributed by atoms with van der Waals surface area (Å²) in [6, 6.07) is 20.3.